The quantitative estimate of drug-likeness (QED) is 0.808. The first-order chi connectivity index (χ1) is 10.2. The predicted octanol–water partition coefficient (Wildman–Crippen LogP) is 3.22. The molecule has 4 heteroatoms. The number of pyridine rings is 1. The molecule has 0 fully saturated rings. The molecule has 1 aliphatic rings. The van der Waals surface area contributed by atoms with Gasteiger partial charge in [0.1, 0.15) is 5.65 Å². The minimum absolute atomic E-state index is 0.136. The molecule has 3 heterocycles. The van der Waals surface area contributed by atoms with Crippen molar-refractivity contribution in [3.63, 3.8) is 0 Å². The highest BCUT2D eigenvalue weighted by Gasteiger charge is 2.14. The van der Waals surface area contributed by atoms with E-state index >= 15 is 0 Å². The molecule has 3 rings (SSSR count). The summed E-state index contributed by atoms with van der Waals surface area (Å²) in [5.74, 6) is 0.289. The highest BCUT2D eigenvalue weighted by Crippen LogP contribution is 2.22. The summed E-state index contributed by atoms with van der Waals surface area (Å²) >= 11 is 0. The summed E-state index contributed by atoms with van der Waals surface area (Å²) < 4.78 is 2.25. The molecule has 2 aromatic heterocycles. The molecule has 2 bridgehead atoms. The van der Waals surface area contributed by atoms with Crippen LogP contribution in [0.2, 0.25) is 0 Å². The summed E-state index contributed by atoms with van der Waals surface area (Å²) in [7, 11) is 0. The molecule has 0 spiro atoms. The van der Waals surface area contributed by atoms with Crippen LogP contribution < -0.4 is 5.32 Å². The average molecular weight is 285 g/mol. The molecule has 1 atom stereocenters. The third-order valence-electron chi connectivity index (χ3n) is 4.28. The molecule has 4 nitrogen and oxygen atoms in total. The van der Waals surface area contributed by atoms with E-state index in [0.717, 1.165) is 30.9 Å². The molecule has 0 saturated carbocycles. The fourth-order valence-electron chi connectivity index (χ4n) is 2.97. The van der Waals surface area contributed by atoms with E-state index in [-0.39, 0.29) is 11.8 Å². The lowest BCUT2D eigenvalue weighted by atomic mass is 10.0. The van der Waals surface area contributed by atoms with Gasteiger partial charge in [-0.1, -0.05) is 19.8 Å². The number of aromatic nitrogens is 2. The van der Waals surface area contributed by atoms with Crippen molar-refractivity contribution in [2.45, 2.75) is 51.5 Å². The van der Waals surface area contributed by atoms with Gasteiger partial charge in [0.2, 0.25) is 5.91 Å². The third-order valence-corrected chi connectivity index (χ3v) is 4.28. The van der Waals surface area contributed by atoms with E-state index in [1.807, 2.05) is 0 Å². The number of nitrogens with one attached hydrogen (secondary N) is 1. The molecule has 2 aromatic rings. The third kappa shape index (κ3) is 3.26. The molecule has 1 unspecified atom stereocenters. The lowest BCUT2D eigenvalue weighted by molar-refractivity contribution is -0.121. The Labute approximate surface area is 125 Å². The predicted molar refractivity (Wildman–Crippen MR) is 84.2 cm³/mol. The Morgan fingerprint density at radius 1 is 1.19 bits per heavy atom. The van der Waals surface area contributed by atoms with Crippen molar-refractivity contribution in [3.05, 3.63) is 30.1 Å². The number of amides is 1. The van der Waals surface area contributed by atoms with Crippen LogP contribution in [0.3, 0.4) is 0 Å². The van der Waals surface area contributed by atoms with Gasteiger partial charge in [-0.05, 0) is 31.0 Å². The van der Waals surface area contributed by atoms with E-state index in [0.29, 0.717) is 6.42 Å². The molecule has 1 N–H and O–H groups in total. The van der Waals surface area contributed by atoms with E-state index < -0.39 is 0 Å². The van der Waals surface area contributed by atoms with Gasteiger partial charge >= 0.3 is 0 Å². The van der Waals surface area contributed by atoms with Crippen molar-refractivity contribution in [2.24, 2.45) is 0 Å². The second kappa shape index (κ2) is 6.29. The second-order valence-electron chi connectivity index (χ2n) is 6.03. The van der Waals surface area contributed by atoms with Gasteiger partial charge in [0.25, 0.3) is 0 Å². The number of hydrogen-bond acceptors (Lipinski definition) is 2. The van der Waals surface area contributed by atoms with Gasteiger partial charge in [0.15, 0.2) is 0 Å². The van der Waals surface area contributed by atoms with Crippen LogP contribution in [-0.4, -0.2) is 22.0 Å². The van der Waals surface area contributed by atoms with Gasteiger partial charge < -0.3 is 9.88 Å². The summed E-state index contributed by atoms with van der Waals surface area (Å²) in [6, 6.07) is 6.30. The maximum atomic E-state index is 11.9. The van der Waals surface area contributed by atoms with Crippen molar-refractivity contribution in [1.82, 2.24) is 14.9 Å². The minimum atomic E-state index is 0.136. The van der Waals surface area contributed by atoms with Gasteiger partial charge in [0.05, 0.1) is 0 Å². The number of hydrogen-bond donors (Lipinski definition) is 1. The lowest BCUT2D eigenvalue weighted by Gasteiger charge is -2.13. The number of carbonyl (C=O) groups is 1. The van der Waals surface area contributed by atoms with Gasteiger partial charge in [-0.3, -0.25) is 4.79 Å². The zero-order chi connectivity index (χ0) is 14.7. The number of fused-ring (bicyclic) bond motifs is 1. The number of carbonyl (C=O) groups excluding carboxylic acids is 1. The van der Waals surface area contributed by atoms with E-state index in [4.69, 9.17) is 4.98 Å². The first-order valence-corrected chi connectivity index (χ1v) is 7.96. The molecular formula is C17H23N3O. The zero-order valence-corrected chi connectivity index (χ0v) is 12.6. The zero-order valence-electron chi connectivity index (χ0n) is 12.6. The van der Waals surface area contributed by atoms with Crippen LogP contribution >= 0.6 is 0 Å². The molecule has 112 valence electrons. The van der Waals surface area contributed by atoms with Crippen LogP contribution in [0.1, 0.15) is 50.6 Å². The Morgan fingerprint density at radius 3 is 2.95 bits per heavy atom. The Morgan fingerprint density at radius 2 is 2.05 bits per heavy atom. The van der Waals surface area contributed by atoms with E-state index in [2.05, 4.69) is 41.2 Å². The lowest BCUT2D eigenvalue weighted by Crippen LogP contribution is -2.25. The average Bonchev–Trinajstić information content (AvgIpc) is 2.88. The monoisotopic (exact) mass is 285 g/mol. The minimum Gasteiger partial charge on any atom is -0.356 e. The Balaban J connectivity index is 1.91. The highest BCUT2D eigenvalue weighted by atomic mass is 16.1. The topological polar surface area (TPSA) is 46.9 Å². The summed E-state index contributed by atoms with van der Waals surface area (Å²) in [5.41, 5.74) is 2.06. The Hall–Kier alpha value is -1.84. The van der Waals surface area contributed by atoms with Crippen LogP contribution in [0.5, 0.6) is 0 Å². The van der Waals surface area contributed by atoms with Crippen molar-refractivity contribution in [2.75, 3.05) is 6.54 Å². The van der Waals surface area contributed by atoms with Crippen LogP contribution in [0.25, 0.3) is 11.0 Å². The van der Waals surface area contributed by atoms with E-state index in [9.17, 15) is 4.79 Å². The fraction of sp³-hybridized carbons (Fsp3) is 0.529. The molecule has 0 aliphatic carbocycles. The molecule has 1 amide bonds. The van der Waals surface area contributed by atoms with Gasteiger partial charge in [-0.15, -0.1) is 0 Å². The van der Waals surface area contributed by atoms with Crippen LogP contribution in [-0.2, 0) is 11.3 Å². The van der Waals surface area contributed by atoms with Gasteiger partial charge in [-0.25, -0.2) is 4.98 Å². The van der Waals surface area contributed by atoms with Crippen LogP contribution in [0.4, 0.5) is 0 Å². The maximum absolute atomic E-state index is 11.9. The summed E-state index contributed by atoms with van der Waals surface area (Å²) in [5, 5.41) is 4.20. The second-order valence-corrected chi connectivity index (χ2v) is 6.03. The van der Waals surface area contributed by atoms with Gasteiger partial charge in [-0.2, -0.15) is 0 Å². The van der Waals surface area contributed by atoms with E-state index in [1.165, 1.54) is 24.6 Å². The Kier molecular flexibility index (Phi) is 4.23. The van der Waals surface area contributed by atoms with Crippen LogP contribution in [0, 0.1) is 0 Å². The summed E-state index contributed by atoms with van der Waals surface area (Å²) in [6.07, 6.45) is 7.26. The molecule has 21 heavy (non-hydrogen) atoms. The number of nitrogens with zero attached hydrogens (tertiary/aromatic N) is 2. The molecule has 0 aromatic carbocycles. The normalized spacial score (nSPS) is 21.2. The smallest absolute Gasteiger partial charge is 0.220 e. The van der Waals surface area contributed by atoms with Crippen LogP contribution in [0.15, 0.2) is 24.4 Å². The fourth-order valence-corrected chi connectivity index (χ4v) is 2.97. The van der Waals surface area contributed by atoms with Crippen molar-refractivity contribution < 1.29 is 4.79 Å². The summed E-state index contributed by atoms with van der Waals surface area (Å²) in [6.45, 7) is 3.90. The van der Waals surface area contributed by atoms with E-state index in [1.54, 1.807) is 0 Å². The SMILES string of the molecule is CC1CC(=O)NCCCCCCn2ccc3ccc1nc32. The van der Waals surface area contributed by atoms with Crippen molar-refractivity contribution >= 4 is 16.9 Å². The first-order valence-electron chi connectivity index (χ1n) is 7.96. The highest BCUT2D eigenvalue weighted by molar-refractivity contribution is 5.78. The molecule has 1 aliphatic heterocycles. The maximum Gasteiger partial charge on any atom is 0.220 e. The summed E-state index contributed by atoms with van der Waals surface area (Å²) in [4.78, 5) is 16.7. The Bertz CT molecular complexity index is 632. The van der Waals surface area contributed by atoms with Crippen molar-refractivity contribution in [1.29, 1.82) is 0 Å². The number of rotatable bonds is 0. The standard InChI is InChI=1S/C17H23N3O/c1-13-12-16(21)18-9-4-2-3-5-10-20-11-8-14-6-7-15(13)19-17(14)20/h6-8,11,13H,2-5,9-10,12H2,1H3,(H,18,21). The van der Waals surface area contributed by atoms with Crippen molar-refractivity contribution in [3.8, 4) is 0 Å². The molecule has 0 radical (unpaired) electrons. The largest absolute Gasteiger partial charge is 0.356 e. The number of aryl methyl sites for hydroxylation is 1. The van der Waals surface area contributed by atoms with Gasteiger partial charge in [0, 0.05) is 42.7 Å². The molecule has 0 saturated heterocycles. The molecular weight excluding hydrogens is 262 g/mol. The first kappa shape index (κ1) is 14.1.